The molecule has 0 fully saturated rings. The van der Waals surface area contributed by atoms with Crippen LogP contribution in [0.3, 0.4) is 0 Å². The second-order valence-electron chi connectivity index (χ2n) is 5.19. The molecule has 2 aromatic heterocycles. The molecule has 0 aliphatic heterocycles. The Labute approximate surface area is 147 Å². The molecule has 2 heterocycles. The summed E-state index contributed by atoms with van der Waals surface area (Å²) in [7, 11) is 0. The first-order valence-corrected chi connectivity index (χ1v) is 8.39. The predicted molar refractivity (Wildman–Crippen MR) is 95.1 cm³/mol. The standard InChI is InChI=1S/C19H14F2N2OS/c20-14-6-8-18(17(21)12-14)23(13-16-5-3-11-25-16)19(24)9-7-15-4-1-2-10-22-15/h1-12H,13H2. The Morgan fingerprint density at radius 2 is 2.04 bits per heavy atom. The number of anilines is 1. The maximum Gasteiger partial charge on any atom is 0.251 e. The molecule has 1 amide bonds. The molecule has 0 radical (unpaired) electrons. The van der Waals surface area contributed by atoms with Crippen molar-refractivity contribution < 1.29 is 13.6 Å². The minimum atomic E-state index is -0.781. The van der Waals surface area contributed by atoms with Gasteiger partial charge in [-0.05, 0) is 41.8 Å². The maximum atomic E-state index is 14.2. The first-order chi connectivity index (χ1) is 12.1. The first kappa shape index (κ1) is 17.0. The number of hydrogen-bond acceptors (Lipinski definition) is 3. The second-order valence-corrected chi connectivity index (χ2v) is 6.22. The highest BCUT2D eigenvalue weighted by Gasteiger charge is 2.18. The van der Waals surface area contributed by atoms with Crippen molar-refractivity contribution in [3.8, 4) is 0 Å². The van der Waals surface area contributed by atoms with Crippen LogP contribution in [0, 0.1) is 11.6 Å². The average Bonchev–Trinajstić information content (AvgIpc) is 3.12. The number of benzene rings is 1. The molecule has 0 aliphatic rings. The summed E-state index contributed by atoms with van der Waals surface area (Å²) < 4.78 is 27.4. The number of amides is 1. The molecular formula is C19H14F2N2OS. The van der Waals surface area contributed by atoms with E-state index in [1.54, 1.807) is 30.5 Å². The van der Waals surface area contributed by atoms with Gasteiger partial charge in [-0.25, -0.2) is 8.78 Å². The molecule has 3 aromatic rings. The van der Waals surface area contributed by atoms with E-state index in [-0.39, 0.29) is 12.2 Å². The van der Waals surface area contributed by atoms with Crippen LogP contribution in [-0.2, 0) is 11.3 Å². The Balaban J connectivity index is 1.90. The van der Waals surface area contributed by atoms with Gasteiger partial charge in [0.2, 0.25) is 0 Å². The number of pyridine rings is 1. The molecule has 0 spiro atoms. The lowest BCUT2D eigenvalue weighted by Crippen LogP contribution is -2.29. The molecule has 6 heteroatoms. The molecule has 126 valence electrons. The lowest BCUT2D eigenvalue weighted by Gasteiger charge is -2.21. The van der Waals surface area contributed by atoms with E-state index < -0.39 is 17.5 Å². The van der Waals surface area contributed by atoms with Crippen LogP contribution in [0.25, 0.3) is 6.08 Å². The summed E-state index contributed by atoms with van der Waals surface area (Å²) >= 11 is 1.46. The lowest BCUT2D eigenvalue weighted by atomic mass is 10.2. The quantitative estimate of drug-likeness (QED) is 0.623. The van der Waals surface area contributed by atoms with E-state index in [0.717, 1.165) is 17.0 Å². The summed E-state index contributed by atoms with van der Waals surface area (Å²) in [5, 5.41) is 1.88. The van der Waals surface area contributed by atoms with Gasteiger partial charge in [0.25, 0.3) is 5.91 Å². The molecule has 1 aromatic carbocycles. The third-order valence-electron chi connectivity index (χ3n) is 3.45. The lowest BCUT2D eigenvalue weighted by molar-refractivity contribution is -0.114. The van der Waals surface area contributed by atoms with Crippen LogP contribution in [-0.4, -0.2) is 10.9 Å². The van der Waals surface area contributed by atoms with E-state index >= 15 is 0 Å². The number of thiophene rings is 1. The summed E-state index contributed by atoms with van der Waals surface area (Å²) in [5.41, 5.74) is 0.650. The first-order valence-electron chi connectivity index (χ1n) is 7.51. The van der Waals surface area contributed by atoms with E-state index in [1.165, 1.54) is 28.4 Å². The molecule has 0 bridgehead atoms. The van der Waals surface area contributed by atoms with Crippen molar-refractivity contribution >= 4 is 29.0 Å². The summed E-state index contributed by atoms with van der Waals surface area (Å²) in [6.45, 7) is 0.200. The minimum Gasteiger partial charge on any atom is -0.301 e. The number of aromatic nitrogens is 1. The van der Waals surface area contributed by atoms with Gasteiger partial charge in [0, 0.05) is 23.2 Å². The molecule has 0 atom stereocenters. The van der Waals surface area contributed by atoms with E-state index in [4.69, 9.17) is 0 Å². The number of carbonyl (C=O) groups is 1. The third kappa shape index (κ3) is 4.36. The molecule has 0 saturated carbocycles. The van der Waals surface area contributed by atoms with Crippen molar-refractivity contribution in [3.05, 3.63) is 88.4 Å². The van der Waals surface area contributed by atoms with Crippen molar-refractivity contribution in [2.45, 2.75) is 6.54 Å². The topological polar surface area (TPSA) is 33.2 Å². The highest BCUT2D eigenvalue weighted by atomic mass is 32.1. The molecule has 3 rings (SSSR count). The maximum absolute atomic E-state index is 14.2. The fraction of sp³-hybridized carbons (Fsp3) is 0.0526. The van der Waals surface area contributed by atoms with Crippen LogP contribution in [0.1, 0.15) is 10.6 Å². The molecule has 0 aliphatic carbocycles. The zero-order valence-electron chi connectivity index (χ0n) is 13.1. The van der Waals surface area contributed by atoms with Crippen molar-refractivity contribution in [3.63, 3.8) is 0 Å². The fourth-order valence-electron chi connectivity index (χ4n) is 2.26. The number of halogens is 2. The molecule has 0 unspecified atom stereocenters. The third-order valence-corrected chi connectivity index (χ3v) is 4.31. The summed E-state index contributed by atoms with van der Waals surface area (Å²) in [6.07, 6.45) is 4.51. The van der Waals surface area contributed by atoms with Gasteiger partial charge in [-0.3, -0.25) is 9.78 Å². The fourth-order valence-corrected chi connectivity index (χ4v) is 2.95. The van der Waals surface area contributed by atoms with Crippen molar-refractivity contribution in [2.75, 3.05) is 4.90 Å². The zero-order valence-corrected chi connectivity index (χ0v) is 13.9. The van der Waals surface area contributed by atoms with Crippen LogP contribution >= 0.6 is 11.3 Å². The van der Waals surface area contributed by atoms with Gasteiger partial charge in [-0.2, -0.15) is 0 Å². The van der Waals surface area contributed by atoms with Crippen LogP contribution in [0.15, 0.2) is 66.2 Å². The van der Waals surface area contributed by atoms with Crippen molar-refractivity contribution in [1.82, 2.24) is 4.98 Å². The smallest absolute Gasteiger partial charge is 0.251 e. The highest BCUT2D eigenvalue weighted by molar-refractivity contribution is 7.09. The SMILES string of the molecule is O=C(C=Cc1ccccn1)N(Cc1cccs1)c1ccc(F)cc1F. The van der Waals surface area contributed by atoms with Crippen molar-refractivity contribution in [1.29, 1.82) is 0 Å². The molecular weight excluding hydrogens is 342 g/mol. The second kappa shape index (κ2) is 7.81. The zero-order chi connectivity index (χ0) is 17.6. The number of nitrogens with zero attached hydrogens (tertiary/aromatic N) is 2. The van der Waals surface area contributed by atoms with Crippen LogP contribution < -0.4 is 4.90 Å². The summed E-state index contributed by atoms with van der Waals surface area (Å²) in [6, 6.07) is 12.2. The van der Waals surface area contributed by atoms with Crippen LogP contribution in [0.4, 0.5) is 14.5 Å². The minimum absolute atomic E-state index is 0.0328. The monoisotopic (exact) mass is 356 g/mol. The van der Waals surface area contributed by atoms with Gasteiger partial charge < -0.3 is 4.90 Å². The largest absolute Gasteiger partial charge is 0.301 e. The molecule has 25 heavy (non-hydrogen) atoms. The number of rotatable bonds is 5. The molecule has 0 N–H and O–H groups in total. The van der Waals surface area contributed by atoms with Crippen LogP contribution in [0.2, 0.25) is 0 Å². The summed E-state index contributed by atoms with van der Waals surface area (Å²) in [5.74, 6) is -1.88. The Morgan fingerprint density at radius 1 is 1.16 bits per heavy atom. The van der Waals surface area contributed by atoms with Crippen molar-refractivity contribution in [2.24, 2.45) is 0 Å². The highest BCUT2D eigenvalue weighted by Crippen LogP contribution is 2.24. The van der Waals surface area contributed by atoms with Gasteiger partial charge in [0.1, 0.15) is 11.6 Å². The summed E-state index contributed by atoms with van der Waals surface area (Å²) in [4.78, 5) is 18.9. The number of hydrogen-bond donors (Lipinski definition) is 0. The Hall–Kier alpha value is -2.86. The molecule has 3 nitrogen and oxygen atoms in total. The Kier molecular flexibility index (Phi) is 5.30. The normalized spacial score (nSPS) is 11.0. The van der Waals surface area contributed by atoms with E-state index in [9.17, 15) is 13.6 Å². The van der Waals surface area contributed by atoms with Gasteiger partial charge in [0.15, 0.2) is 0 Å². The Bertz CT molecular complexity index is 880. The average molecular weight is 356 g/mol. The van der Waals surface area contributed by atoms with E-state index in [2.05, 4.69) is 4.98 Å². The van der Waals surface area contributed by atoms with Gasteiger partial charge in [-0.1, -0.05) is 12.1 Å². The van der Waals surface area contributed by atoms with Gasteiger partial charge in [-0.15, -0.1) is 11.3 Å². The molecule has 0 saturated heterocycles. The van der Waals surface area contributed by atoms with Gasteiger partial charge in [0.05, 0.1) is 17.9 Å². The van der Waals surface area contributed by atoms with E-state index in [1.807, 2.05) is 17.5 Å². The number of carbonyl (C=O) groups excluding carboxylic acids is 1. The predicted octanol–water partition coefficient (Wildman–Crippen LogP) is 4.67. The van der Waals surface area contributed by atoms with E-state index in [0.29, 0.717) is 5.69 Å². The Morgan fingerprint density at radius 3 is 2.72 bits per heavy atom. The van der Waals surface area contributed by atoms with Gasteiger partial charge >= 0.3 is 0 Å². The van der Waals surface area contributed by atoms with Crippen LogP contribution in [0.5, 0.6) is 0 Å².